The second-order valence-corrected chi connectivity index (χ2v) is 10.0. The fourth-order valence-corrected chi connectivity index (χ4v) is 4.48. The molecule has 0 unspecified atom stereocenters. The van der Waals surface area contributed by atoms with E-state index in [1.165, 1.54) is 6.26 Å². The minimum absolute atomic E-state index is 0.164. The smallest absolute Gasteiger partial charge is 0.410 e. The van der Waals surface area contributed by atoms with E-state index in [4.69, 9.17) is 9.47 Å². The number of nitrogens with zero attached hydrogens (tertiary/aromatic N) is 2. The average Bonchev–Trinajstić information content (AvgIpc) is 2.52. The van der Waals surface area contributed by atoms with Crippen LogP contribution < -0.4 is 4.72 Å². The number of ether oxygens (including phenoxy) is 2. The zero-order chi connectivity index (χ0) is 19.5. The number of methoxy groups -OCH3 is 1. The molecule has 0 bridgehead atoms. The number of nitrogens with one attached hydrogen (secondary N) is 1. The highest BCUT2D eigenvalue weighted by molar-refractivity contribution is 7.88. The van der Waals surface area contributed by atoms with E-state index in [-0.39, 0.29) is 18.2 Å². The SMILES string of the molecule is CO[C@@H]1CN(C2CCN(C(=O)OC(C)(C)C)CC2)CC[C@H]1NS(C)(=O)=O. The average molecular weight is 392 g/mol. The Morgan fingerprint density at radius 2 is 1.73 bits per heavy atom. The summed E-state index contributed by atoms with van der Waals surface area (Å²) in [5.74, 6) is 0. The summed E-state index contributed by atoms with van der Waals surface area (Å²) in [5.41, 5.74) is -0.478. The molecule has 2 heterocycles. The van der Waals surface area contributed by atoms with Crippen LogP contribution in [0.5, 0.6) is 0 Å². The van der Waals surface area contributed by atoms with Gasteiger partial charge in [0.25, 0.3) is 0 Å². The van der Waals surface area contributed by atoms with E-state index in [9.17, 15) is 13.2 Å². The van der Waals surface area contributed by atoms with Crippen molar-refractivity contribution in [2.45, 2.75) is 63.8 Å². The Hall–Kier alpha value is -0.900. The summed E-state index contributed by atoms with van der Waals surface area (Å²) in [4.78, 5) is 16.3. The molecule has 152 valence electrons. The third kappa shape index (κ3) is 6.37. The zero-order valence-corrected chi connectivity index (χ0v) is 17.3. The third-order valence-electron chi connectivity index (χ3n) is 4.89. The lowest BCUT2D eigenvalue weighted by atomic mass is 9.96. The van der Waals surface area contributed by atoms with E-state index in [2.05, 4.69) is 9.62 Å². The summed E-state index contributed by atoms with van der Waals surface area (Å²) in [7, 11) is -1.63. The maximum atomic E-state index is 12.2. The van der Waals surface area contributed by atoms with Gasteiger partial charge < -0.3 is 14.4 Å². The second-order valence-electron chi connectivity index (χ2n) is 8.25. The monoisotopic (exact) mass is 391 g/mol. The number of sulfonamides is 1. The van der Waals surface area contributed by atoms with E-state index < -0.39 is 15.6 Å². The Bertz CT molecular complexity index is 582. The zero-order valence-electron chi connectivity index (χ0n) is 16.5. The van der Waals surface area contributed by atoms with E-state index in [0.717, 1.165) is 25.8 Å². The lowest BCUT2D eigenvalue weighted by molar-refractivity contribution is -0.0189. The number of likely N-dealkylation sites (tertiary alicyclic amines) is 2. The van der Waals surface area contributed by atoms with Crippen LogP contribution in [-0.2, 0) is 19.5 Å². The number of amides is 1. The Kier molecular flexibility index (Phi) is 6.92. The maximum Gasteiger partial charge on any atom is 0.410 e. The van der Waals surface area contributed by atoms with Crippen LogP contribution in [0.25, 0.3) is 0 Å². The van der Waals surface area contributed by atoms with Gasteiger partial charge in [-0.2, -0.15) is 0 Å². The van der Waals surface area contributed by atoms with E-state index >= 15 is 0 Å². The third-order valence-corrected chi connectivity index (χ3v) is 5.62. The Balaban J connectivity index is 1.85. The first-order valence-corrected chi connectivity index (χ1v) is 11.1. The van der Waals surface area contributed by atoms with Gasteiger partial charge in [-0.3, -0.25) is 4.90 Å². The largest absolute Gasteiger partial charge is 0.444 e. The Labute approximate surface area is 157 Å². The molecule has 2 aliphatic rings. The molecule has 0 spiro atoms. The van der Waals surface area contributed by atoms with Gasteiger partial charge in [-0.05, 0) is 40.0 Å². The molecule has 2 saturated heterocycles. The van der Waals surface area contributed by atoms with E-state index in [1.807, 2.05) is 20.8 Å². The van der Waals surface area contributed by atoms with Gasteiger partial charge in [-0.15, -0.1) is 0 Å². The minimum atomic E-state index is -3.25. The first kappa shape index (κ1) is 21.4. The van der Waals surface area contributed by atoms with Crippen molar-refractivity contribution < 1.29 is 22.7 Å². The first-order valence-electron chi connectivity index (χ1n) is 9.20. The van der Waals surface area contributed by atoms with Gasteiger partial charge in [0.1, 0.15) is 5.60 Å². The van der Waals surface area contributed by atoms with Gasteiger partial charge in [0.15, 0.2) is 0 Å². The number of carbonyl (C=O) groups excluding carboxylic acids is 1. The van der Waals surface area contributed by atoms with Gasteiger partial charge in [0, 0.05) is 39.3 Å². The molecule has 0 aromatic rings. The predicted octanol–water partition coefficient (Wildman–Crippen LogP) is 1.02. The molecule has 0 aromatic carbocycles. The van der Waals surface area contributed by atoms with Crippen molar-refractivity contribution in [1.29, 1.82) is 0 Å². The quantitative estimate of drug-likeness (QED) is 0.770. The molecule has 0 aromatic heterocycles. The fourth-order valence-electron chi connectivity index (χ4n) is 3.66. The van der Waals surface area contributed by atoms with Crippen molar-refractivity contribution in [2.75, 3.05) is 39.5 Å². The first-order chi connectivity index (χ1) is 12.0. The molecular formula is C17H33N3O5S. The number of rotatable bonds is 4. The van der Waals surface area contributed by atoms with Crippen LogP contribution in [0.3, 0.4) is 0 Å². The summed E-state index contributed by atoms with van der Waals surface area (Å²) in [5, 5.41) is 0. The Morgan fingerprint density at radius 3 is 2.23 bits per heavy atom. The summed E-state index contributed by atoms with van der Waals surface area (Å²) in [6, 6.07) is 0.193. The van der Waals surface area contributed by atoms with Crippen LogP contribution in [0, 0.1) is 0 Å². The summed E-state index contributed by atoms with van der Waals surface area (Å²) < 4.78 is 36.7. The molecule has 1 amide bonds. The van der Waals surface area contributed by atoms with Crippen LogP contribution >= 0.6 is 0 Å². The normalized spacial score (nSPS) is 26.7. The second kappa shape index (κ2) is 8.41. The molecule has 2 aliphatic heterocycles. The van der Waals surface area contributed by atoms with Crippen molar-refractivity contribution in [3.63, 3.8) is 0 Å². The van der Waals surface area contributed by atoms with Crippen molar-refractivity contribution in [3.8, 4) is 0 Å². The molecule has 0 radical (unpaired) electrons. The van der Waals surface area contributed by atoms with Gasteiger partial charge in [-0.25, -0.2) is 17.9 Å². The number of carbonyl (C=O) groups is 1. The van der Waals surface area contributed by atoms with E-state index in [0.29, 0.717) is 25.7 Å². The van der Waals surface area contributed by atoms with Gasteiger partial charge >= 0.3 is 6.09 Å². The lowest BCUT2D eigenvalue weighted by Crippen LogP contribution is -2.58. The van der Waals surface area contributed by atoms with Crippen LogP contribution in [0.4, 0.5) is 4.79 Å². The van der Waals surface area contributed by atoms with Crippen LogP contribution in [0.2, 0.25) is 0 Å². The van der Waals surface area contributed by atoms with Crippen molar-refractivity contribution in [2.24, 2.45) is 0 Å². The molecule has 2 atom stereocenters. The summed E-state index contributed by atoms with van der Waals surface area (Å²) in [6.07, 6.45) is 3.26. The molecule has 2 fully saturated rings. The van der Waals surface area contributed by atoms with Gasteiger partial charge in [-0.1, -0.05) is 0 Å². The highest BCUT2D eigenvalue weighted by atomic mass is 32.2. The minimum Gasteiger partial charge on any atom is -0.444 e. The molecule has 9 heteroatoms. The Morgan fingerprint density at radius 1 is 1.12 bits per heavy atom. The van der Waals surface area contributed by atoms with Gasteiger partial charge in [0.05, 0.1) is 18.4 Å². The number of piperidine rings is 2. The van der Waals surface area contributed by atoms with E-state index in [1.54, 1.807) is 12.0 Å². The van der Waals surface area contributed by atoms with Crippen molar-refractivity contribution >= 4 is 16.1 Å². The molecule has 0 aliphatic carbocycles. The van der Waals surface area contributed by atoms with Gasteiger partial charge in [0.2, 0.25) is 10.0 Å². The molecular weight excluding hydrogens is 358 g/mol. The van der Waals surface area contributed by atoms with Crippen LogP contribution in [0.1, 0.15) is 40.0 Å². The highest BCUT2D eigenvalue weighted by Gasteiger charge is 2.36. The number of hydrogen-bond donors (Lipinski definition) is 1. The predicted molar refractivity (Wildman–Crippen MR) is 99.6 cm³/mol. The number of hydrogen-bond acceptors (Lipinski definition) is 6. The lowest BCUT2D eigenvalue weighted by Gasteiger charge is -2.44. The molecule has 0 saturated carbocycles. The highest BCUT2D eigenvalue weighted by Crippen LogP contribution is 2.23. The molecule has 8 nitrogen and oxygen atoms in total. The van der Waals surface area contributed by atoms with Crippen molar-refractivity contribution in [1.82, 2.24) is 14.5 Å². The van der Waals surface area contributed by atoms with Crippen molar-refractivity contribution in [3.05, 3.63) is 0 Å². The van der Waals surface area contributed by atoms with Crippen LogP contribution in [0.15, 0.2) is 0 Å². The fraction of sp³-hybridized carbons (Fsp3) is 0.941. The summed E-state index contributed by atoms with van der Waals surface area (Å²) >= 11 is 0. The van der Waals surface area contributed by atoms with Crippen LogP contribution in [-0.4, -0.2) is 87.6 Å². The molecule has 1 N–H and O–H groups in total. The molecule has 2 rings (SSSR count). The summed E-state index contributed by atoms with van der Waals surface area (Å²) in [6.45, 7) is 8.49. The standard InChI is InChI=1S/C17H33N3O5S/c1-17(2,3)25-16(21)19-9-6-13(7-10-19)20-11-8-14(15(12-20)24-4)18-26(5,22)23/h13-15,18H,6-12H2,1-5H3/t14-,15-/m1/s1. The maximum absolute atomic E-state index is 12.2. The topological polar surface area (TPSA) is 88.2 Å². The molecule has 26 heavy (non-hydrogen) atoms.